The van der Waals surface area contributed by atoms with Gasteiger partial charge < -0.3 is 15.0 Å². The van der Waals surface area contributed by atoms with Crippen molar-refractivity contribution in [1.82, 2.24) is 24.6 Å². The summed E-state index contributed by atoms with van der Waals surface area (Å²) in [5, 5.41) is 10.5. The van der Waals surface area contributed by atoms with Crippen LogP contribution in [0, 0.1) is 11.8 Å². The minimum absolute atomic E-state index is 0.0292. The fraction of sp³-hybridized carbons (Fsp3) is 0.375. The van der Waals surface area contributed by atoms with Crippen LogP contribution in [0.25, 0.3) is 27.8 Å². The number of thioether (sulfide) groups is 1. The summed E-state index contributed by atoms with van der Waals surface area (Å²) in [6, 6.07) is 5.96. The number of aromatic nitrogens is 5. The molecule has 0 bridgehead atoms. The van der Waals surface area contributed by atoms with Crippen LogP contribution in [0.5, 0.6) is 0 Å². The minimum Gasteiger partial charge on any atom is -0.378 e. The van der Waals surface area contributed by atoms with Crippen molar-refractivity contribution in [2.75, 3.05) is 42.8 Å². The maximum absolute atomic E-state index is 12.5. The Kier molecular flexibility index (Phi) is 5.34. The van der Waals surface area contributed by atoms with Crippen LogP contribution >= 0.6 is 11.8 Å². The van der Waals surface area contributed by atoms with E-state index in [1.807, 2.05) is 29.1 Å². The van der Waals surface area contributed by atoms with Gasteiger partial charge in [0.1, 0.15) is 10.8 Å². The quantitative estimate of drug-likeness (QED) is 0.438. The smallest absolute Gasteiger partial charge is 0.228 e. The molecule has 6 rings (SSSR count). The van der Waals surface area contributed by atoms with Crippen LogP contribution in [-0.4, -0.2) is 63.0 Å². The molecule has 1 N–H and O–H groups in total. The third-order valence-corrected chi connectivity index (χ3v) is 7.27. The predicted octanol–water partition coefficient (Wildman–Crippen LogP) is 3.49. The van der Waals surface area contributed by atoms with Crippen molar-refractivity contribution in [3.63, 3.8) is 0 Å². The van der Waals surface area contributed by atoms with Crippen molar-refractivity contribution in [1.29, 1.82) is 0 Å². The summed E-state index contributed by atoms with van der Waals surface area (Å²) in [5.41, 5.74) is 2.66. The van der Waals surface area contributed by atoms with E-state index in [1.54, 1.807) is 24.2 Å². The Bertz CT molecular complexity index is 1400. The normalized spacial score (nSPS) is 20.1. The summed E-state index contributed by atoms with van der Waals surface area (Å²) < 4.78 is 7.28. The van der Waals surface area contributed by atoms with E-state index in [9.17, 15) is 4.79 Å². The molecule has 2 aliphatic rings. The number of hydrogen-bond acceptors (Lipinski definition) is 8. The molecule has 4 aromatic rings. The molecule has 4 aromatic heterocycles. The van der Waals surface area contributed by atoms with Gasteiger partial charge in [-0.25, -0.2) is 19.5 Å². The van der Waals surface area contributed by atoms with Gasteiger partial charge in [-0.1, -0.05) is 6.92 Å². The summed E-state index contributed by atoms with van der Waals surface area (Å²) in [5.74, 6) is 1.67. The summed E-state index contributed by atoms with van der Waals surface area (Å²) in [6.07, 6.45) is 8.51. The van der Waals surface area contributed by atoms with Crippen LogP contribution in [0.2, 0.25) is 0 Å². The van der Waals surface area contributed by atoms with E-state index in [1.165, 1.54) is 0 Å². The van der Waals surface area contributed by atoms with E-state index < -0.39 is 0 Å². The van der Waals surface area contributed by atoms with Crippen molar-refractivity contribution in [3.8, 4) is 11.4 Å². The van der Waals surface area contributed by atoms with Crippen LogP contribution < -0.4 is 10.2 Å². The molecule has 1 saturated carbocycles. The molecular formula is C24H25N7O2S. The van der Waals surface area contributed by atoms with Gasteiger partial charge in [0.2, 0.25) is 5.91 Å². The molecular weight excluding hydrogens is 450 g/mol. The number of hydrogen-bond donors (Lipinski definition) is 1. The Labute approximate surface area is 200 Å². The first-order valence-electron chi connectivity index (χ1n) is 11.4. The molecule has 0 radical (unpaired) electrons. The van der Waals surface area contributed by atoms with Crippen LogP contribution in [0.3, 0.4) is 0 Å². The maximum Gasteiger partial charge on any atom is 0.228 e. The third kappa shape index (κ3) is 3.86. The number of carbonyl (C=O) groups excluding carboxylic acids is 1. The predicted molar refractivity (Wildman–Crippen MR) is 132 cm³/mol. The topological polar surface area (TPSA) is 97.5 Å². The molecule has 9 nitrogen and oxygen atoms in total. The van der Waals surface area contributed by atoms with Gasteiger partial charge >= 0.3 is 0 Å². The Morgan fingerprint density at radius 2 is 2.00 bits per heavy atom. The van der Waals surface area contributed by atoms with Crippen molar-refractivity contribution in [3.05, 3.63) is 36.8 Å². The first kappa shape index (κ1) is 21.3. The van der Waals surface area contributed by atoms with E-state index in [0.29, 0.717) is 17.6 Å². The van der Waals surface area contributed by atoms with Crippen LogP contribution in [0.15, 0.2) is 41.8 Å². The highest BCUT2D eigenvalue weighted by atomic mass is 32.2. The number of nitrogens with one attached hydrogen (secondary N) is 1. The number of pyridine rings is 3. The van der Waals surface area contributed by atoms with E-state index in [0.717, 1.165) is 65.4 Å². The number of ether oxygens (including phenoxy) is 1. The fourth-order valence-corrected chi connectivity index (χ4v) is 4.96. The van der Waals surface area contributed by atoms with Crippen molar-refractivity contribution >= 4 is 45.6 Å². The molecule has 174 valence electrons. The molecule has 2 atom stereocenters. The zero-order valence-electron chi connectivity index (χ0n) is 19.1. The molecule has 34 heavy (non-hydrogen) atoms. The minimum atomic E-state index is 0.0292. The Hall–Kier alpha value is -3.24. The highest BCUT2D eigenvalue weighted by molar-refractivity contribution is 7.98. The SMILES string of the molecule is CSc1ncc(-c2nc3ccc(N4CCOCC4)cn3n2)c2cc(NC(=O)[C@H]3C[C@H]3C)ncc12. The number of fused-ring (bicyclic) bond motifs is 2. The molecule has 1 amide bonds. The van der Waals surface area contributed by atoms with Gasteiger partial charge in [0.05, 0.1) is 25.1 Å². The standard InChI is InChI=1S/C24H25N7O2S/c1-14-9-16(14)23(32)27-20-10-17-18(11-26-24(34-2)19(17)12-25-20)22-28-21-4-3-15(13-31(21)29-22)30-5-7-33-8-6-30/h3-4,10-14,16H,5-9H2,1-2H3,(H,25,27,32)/t14-,16+/m1/s1. The van der Waals surface area contributed by atoms with Crippen molar-refractivity contribution in [2.45, 2.75) is 18.4 Å². The largest absolute Gasteiger partial charge is 0.378 e. The molecule has 1 aliphatic heterocycles. The first-order chi connectivity index (χ1) is 16.6. The van der Waals surface area contributed by atoms with Crippen LogP contribution in [-0.2, 0) is 9.53 Å². The lowest BCUT2D eigenvalue weighted by atomic mass is 10.1. The number of carbonyl (C=O) groups is 1. The van der Waals surface area contributed by atoms with Gasteiger partial charge in [-0.05, 0) is 36.8 Å². The average Bonchev–Trinajstić information content (AvgIpc) is 3.45. The molecule has 0 spiro atoms. The fourth-order valence-electron chi connectivity index (χ4n) is 4.42. The van der Waals surface area contributed by atoms with Gasteiger partial charge in [0.15, 0.2) is 11.5 Å². The summed E-state index contributed by atoms with van der Waals surface area (Å²) >= 11 is 1.56. The lowest BCUT2D eigenvalue weighted by molar-refractivity contribution is -0.117. The lowest BCUT2D eigenvalue weighted by Gasteiger charge is -2.28. The van der Waals surface area contributed by atoms with Gasteiger partial charge in [0, 0.05) is 47.7 Å². The second kappa shape index (κ2) is 8.52. The zero-order chi connectivity index (χ0) is 23.2. The molecule has 1 aliphatic carbocycles. The lowest BCUT2D eigenvalue weighted by Crippen LogP contribution is -2.36. The second-order valence-electron chi connectivity index (χ2n) is 8.83. The van der Waals surface area contributed by atoms with Gasteiger partial charge in [-0.15, -0.1) is 16.9 Å². The number of amides is 1. The van der Waals surface area contributed by atoms with Gasteiger partial charge in [0.25, 0.3) is 0 Å². The van der Waals surface area contributed by atoms with Gasteiger partial charge in [-0.2, -0.15) is 0 Å². The number of anilines is 2. The highest BCUT2D eigenvalue weighted by Gasteiger charge is 2.39. The van der Waals surface area contributed by atoms with E-state index in [2.05, 4.69) is 33.2 Å². The third-order valence-electron chi connectivity index (χ3n) is 6.56. The maximum atomic E-state index is 12.5. The summed E-state index contributed by atoms with van der Waals surface area (Å²) in [7, 11) is 0. The molecule has 10 heteroatoms. The summed E-state index contributed by atoms with van der Waals surface area (Å²) in [4.78, 5) is 28.6. The Balaban J connectivity index is 1.40. The number of morpholine rings is 1. The highest BCUT2D eigenvalue weighted by Crippen LogP contribution is 2.39. The molecule has 0 unspecified atom stereocenters. The van der Waals surface area contributed by atoms with Crippen molar-refractivity contribution in [2.24, 2.45) is 11.8 Å². The van der Waals surface area contributed by atoms with E-state index in [4.69, 9.17) is 14.8 Å². The monoisotopic (exact) mass is 475 g/mol. The molecule has 5 heterocycles. The second-order valence-corrected chi connectivity index (χ2v) is 9.62. The van der Waals surface area contributed by atoms with Crippen molar-refractivity contribution < 1.29 is 9.53 Å². The molecule has 2 fully saturated rings. The Morgan fingerprint density at radius 1 is 1.18 bits per heavy atom. The number of rotatable bonds is 5. The summed E-state index contributed by atoms with van der Waals surface area (Å²) in [6.45, 7) is 5.27. The Morgan fingerprint density at radius 3 is 2.76 bits per heavy atom. The van der Waals surface area contributed by atoms with E-state index >= 15 is 0 Å². The zero-order valence-corrected chi connectivity index (χ0v) is 19.9. The molecule has 1 saturated heterocycles. The molecule has 0 aromatic carbocycles. The first-order valence-corrected chi connectivity index (χ1v) is 12.7. The van der Waals surface area contributed by atoms with E-state index in [-0.39, 0.29) is 11.8 Å². The number of nitrogens with zero attached hydrogens (tertiary/aromatic N) is 6. The van der Waals surface area contributed by atoms with Crippen LogP contribution in [0.1, 0.15) is 13.3 Å². The van der Waals surface area contributed by atoms with Gasteiger partial charge in [-0.3, -0.25) is 4.79 Å². The average molecular weight is 476 g/mol. The van der Waals surface area contributed by atoms with Crippen LogP contribution in [0.4, 0.5) is 11.5 Å².